The van der Waals surface area contributed by atoms with E-state index in [9.17, 15) is 32.3 Å². The second-order valence-electron chi connectivity index (χ2n) is 9.69. The number of thiazole rings is 1. The number of carbonyl (C=O) groups is 3. The molecule has 3 unspecified atom stereocenters. The number of carbonyl (C=O) groups excluding carboxylic acids is 3. The van der Waals surface area contributed by atoms with E-state index < -0.39 is 51.4 Å². The normalized spacial score (nSPS) is 19.6. The molecule has 3 heterocycles. The van der Waals surface area contributed by atoms with Gasteiger partial charge in [-0.1, -0.05) is 63.3 Å². The summed E-state index contributed by atoms with van der Waals surface area (Å²) in [5.41, 5.74) is -0.185. The van der Waals surface area contributed by atoms with Crippen LogP contribution in [0, 0.1) is 5.92 Å². The number of fused-ring (bicyclic) bond motifs is 2. The largest absolute Gasteiger partial charge is 0.483 e. The number of anilines is 2. The number of hydrogen-bond donors (Lipinski definition) is 2. The van der Waals surface area contributed by atoms with E-state index in [0.717, 1.165) is 46.2 Å². The molecule has 3 aromatic carbocycles. The van der Waals surface area contributed by atoms with Gasteiger partial charge >= 0.3 is 11.0 Å². The topological polar surface area (TPSA) is 109 Å². The average Bonchev–Trinajstić information content (AvgIpc) is 3.46. The molecule has 0 spiro atoms. The summed E-state index contributed by atoms with van der Waals surface area (Å²) in [6.07, 6.45) is -4.68. The molecular weight excluding hydrogens is 671 g/mol. The van der Waals surface area contributed by atoms with Gasteiger partial charge < -0.3 is 15.0 Å². The highest BCUT2D eigenvalue weighted by atomic mass is 79.9. The molecule has 3 amide bonds. The molecule has 2 aliphatic rings. The van der Waals surface area contributed by atoms with Crippen LogP contribution in [0.5, 0.6) is 5.75 Å². The van der Waals surface area contributed by atoms with Crippen molar-refractivity contribution in [1.29, 1.82) is 0 Å². The lowest BCUT2D eigenvalue weighted by Gasteiger charge is -2.31. The smallest absolute Gasteiger partial charge is 0.416 e. The molecule has 14 heteroatoms. The maximum absolute atomic E-state index is 14.0. The molecule has 3 atom stereocenters. The highest BCUT2D eigenvalue weighted by molar-refractivity contribution is 9.10. The predicted octanol–water partition coefficient (Wildman–Crippen LogP) is 6.03. The average molecular weight is 691 g/mol. The molecule has 0 aliphatic carbocycles. The van der Waals surface area contributed by atoms with E-state index in [2.05, 4.69) is 26.2 Å². The number of benzene rings is 3. The molecule has 1 aromatic heterocycles. The molecule has 2 aliphatic heterocycles. The maximum Gasteiger partial charge on any atom is 0.416 e. The summed E-state index contributed by atoms with van der Waals surface area (Å²) in [6.45, 7) is -0.376. The predicted molar refractivity (Wildman–Crippen MR) is 159 cm³/mol. The second kappa shape index (κ2) is 11.3. The molecular formula is C29H19BrF3N3O5S2. The van der Waals surface area contributed by atoms with Crippen LogP contribution in [0.2, 0.25) is 0 Å². The number of imide groups is 1. The van der Waals surface area contributed by atoms with Gasteiger partial charge in [0.2, 0.25) is 11.8 Å². The van der Waals surface area contributed by atoms with Gasteiger partial charge in [0.25, 0.3) is 5.91 Å². The number of alkyl halides is 3. The summed E-state index contributed by atoms with van der Waals surface area (Å²) >= 11 is 5.31. The maximum atomic E-state index is 14.0. The van der Waals surface area contributed by atoms with Crippen molar-refractivity contribution < 1.29 is 32.3 Å². The van der Waals surface area contributed by atoms with Gasteiger partial charge in [-0.05, 0) is 48.5 Å². The third-order valence-corrected chi connectivity index (χ3v) is 9.87. The number of nitrogens with one attached hydrogen (secondary N) is 2. The van der Waals surface area contributed by atoms with Crippen LogP contribution in [0.25, 0.3) is 0 Å². The Balaban J connectivity index is 1.38. The van der Waals surface area contributed by atoms with Crippen LogP contribution in [0.3, 0.4) is 0 Å². The van der Waals surface area contributed by atoms with Gasteiger partial charge in [0.15, 0.2) is 6.61 Å². The number of aromatic amines is 1. The third-order valence-electron chi connectivity index (χ3n) is 6.98. The zero-order valence-electron chi connectivity index (χ0n) is 21.7. The molecule has 0 radical (unpaired) electrons. The SMILES string of the molecule is O=C(COc1ccc(Br)cc1C1c2sc(=O)[nH]c2SC2C(=O)N(c3cccc(C(F)(F)F)c3)C(=O)C21)Nc1ccccc1. The number of thioether (sulfide) groups is 1. The molecule has 1 fully saturated rings. The van der Waals surface area contributed by atoms with Gasteiger partial charge in [0.05, 0.1) is 22.2 Å². The van der Waals surface area contributed by atoms with Crippen molar-refractivity contribution in [3.8, 4) is 5.75 Å². The van der Waals surface area contributed by atoms with Crippen LogP contribution in [0.1, 0.15) is 21.9 Å². The van der Waals surface area contributed by atoms with Crippen molar-refractivity contribution >= 4 is 68.1 Å². The molecule has 43 heavy (non-hydrogen) atoms. The fourth-order valence-corrected chi connectivity index (χ4v) is 8.07. The minimum absolute atomic E-state index is 0.196. The van der Waals surface area contributed by atoms with Crippen LogP contribution in [0.4, 0.5) is 24.5 Å². The Morgan fingerprint density at radius 1 is 1.00 bits per heavy atom. The summed E-state index contributed by atoms with van der Waals surface area (Å²) in [5, 5.41) is 2.08. The Labute approximate surface area is 258 Å². The summed E-state index contributed by atoms with van der Waals surface area (Å²) < 4.78 is 46.9. The Morgan fingerprint density at radius 3 is 2.51 bits per heavy atom. The Morgan fingerprint density at radius 2 is 1.77 bits per heavy atom. The van der Waals surface area contributed by atoms with Gasteiger partial charge in [-0.25, -0.2) is 4.90 Å². The first-order chi connectivity index (χ1) is 20.5. The first-order valence-corrected chi connectivity index (χ1v) is 15.2. The summed E-state index contributed by atoms with van der Waals surface area (Å²) in [6, 6.07) is 17.8. The van der Waals surface area contributed by atoms with Gasteiger partial charge in [0, 0.05) is 26.5 Å². The van der Waals surface area contributed by atoms with Crippen molar-refractivity contribution in [1.82, 2.24) is 4.98 Å². The first kappa shape index (κ1) is 29.2. The van der Waals surface area contributed by atoms with E-state index in [1.54, 1.807) is 42.5 Å². The van der Waals surface area contributed by atoms with Gasteiger partial charge in [-0.15, -0.1) is 0 Å². The third kappa shape index (κ3) is 5.61. The van der Waals surface area contributed by atoms with E-state index in [0.29, 0.717) is 25.6 Å². The van der Waals surface area contributed by atoms with Crippen molar-refractivity contribution in [2.24, 2.45) is 5.92 Å². The lowest BCUT2D eigenvalue weighted by atomic mass is 9.82. The molecule has 220 valence electrons. The molecule has 0 saturated carbocycles. The molecule has 2 N–H and O–H groups in total. The minimum Gasteiger partial charge on any atom is -0.483 e. The zero-order chi connectivity index (χ0) is 30.5. The van der Waals surface area contributed by atoms with Crippen LogP contribution in [-0.4, -0.2) is 34.6 Å². The second-order valence-corrected chi connectivity index (χ2v) is 12.8. The van der Waals surface area contributed by atoms with Crippen LogP contribution in [-0.2, 0) is 20.6 Å². The van der Waals surface area contributed by atoms with Crippen molar-refractivity contribution in [2.75, 3.05) is 16.8 Å². The van der Waals surface area contributed by atoms with Crippen LogP contribution < -0.4 is 19.8 Å². The number of hydrogen-bond acceptors (Lipinski definition) is 7. The monoisotopic (exact) mass is 689 g/mol. The Hall–Kier alpha value is -3.88. The van der Waals surface area contributed by atoms with E-state index in [1.807, 2.05) is 6.07 Å². The number of nitrogens with zero attached hydrogens (tertiary/aromatic N) is 1. The van der Waals surface area contributed by atoms with Gasteiger partial charge in [-0.3, -0.25) is 19.2 Å². The summed E-state index contributed by atoms with van der Waals surface area (Å²) in [7, 11) is 0. The standard InChI is InChI=1S/C29H19BrF3N3O5S2/c30-15-9-10-19(41-13-20(37)34-16-6-2-1-3-7-16)18(12-15)21-22-24(42-25-23(21)43-28(40)35-25)27(39)36(26(22)38)17-8-4-5-14(11-17)29(31,32)33/h1-12,21-22,24H,13H2,(H,34,37)(H,35,40). The Bertz CT molecular complexity index is 1810. The van der Waals surface area contributed by atoms with Crippen LogP contribution in [0.15, 0.2) is 87.1 Å². The number of ether oxygens (including phenoxy) is 1. The zero-order valence-corrected chi connectivity index (χ0v) is 24.9. The molecule has 1 saturated heterocycles. The van der Waals surface area contributed by atoms with E-state index in [-0.39, 0.29) is 18.0 Å². The van der Waals surface area contributed by atoms with Crippen molar-refractivity contribution in [3.63, 3.8) is 0 Å². The highest BCUT2D eigenvalue weighted by Crippen LogP contribution is 2.55. The number of amides is 3. The van der Waals surface area contributed by atoms with Gasteiger partial charge in [-0.2, -0.15) is 13.2 Å². The number of H-pyrrole nitrogens is 1. The number of para-hydroxylation sites is 1. The fraction of sp³-hybridized carbons (Fsp3) is 0.172. The minimum atomic E-state index is -4.68. The van der Waals surface area contributed by atoms with Crippen molar-refractivity contribution in [3.05, 3.63) is 103 Å². The number of rotatable bonds is 6. The molecule has 4 aromatic rings. The van der Waals surface area contributed by atoms with Crippen LogP contribution >= 0.6 is 39.0 Å². The lowest BCUT2D eigenvalue weighted by Crippen LogP contribution is -2.32. The Kier molecular flexibility index (Phi) is 7.69. The number of halogens is 4. The highest BCUT2D eigenvalue weighted by Gasteiger charge is 2.57. The lowest BCUT2D eigenvalue weighted by molar-refractivity contribution is -0.137. The van der Waals surface area contributed by atoms with Gasteiger partial charge in [0.1, 0.15) is 11.0 Å². The molecule has 8 nitrogen and oxygen atoms in total. The fourth-order valence-electron chi connectivity index (χ4n) is 5.18. The summed E-state index contributed by atoms with van der Waals surface area (Å²) in [4.78, 5) is 56.3. The number of aromatic nitrogens is 1. The van der Waals surface area contributed by atoms with E-state index in [1.165, 1.54) is 6.07 Å². The van der Waals surface area contributed by atoms with Crippen molar-refractivity contribution in [2.45, 2.75) is 22.4 Å². The molecule has 0 bridgehead atoms. The van der Waals surface area contributed by atoms with E-state index >= 15 is 0 Å². The summed E-state index contributed by atoms with van der Waals surface area (Å²) in [5.74, 6) is -3.53. The quantitative estimate of drug-likeness (QED) is 0.240. The first-order valence-electron chi connectivity index (χ1n) is 12.7. The van der Waals surface area contributed by atoms with E-state index in [4.69, 9.17) is 4.74 Å². The molecule has 6 rings (SSSR count).